The van der Waals surface area contributed by atoms with E-state index in [2.05, 4.69) is 32.6 Å². The molecule has 0 aliphatic carbocycles. The van der Waals surface area contributed by atoms with Crippen molar-refractivity contribution in [2.75, 3.05) is 53.1 Å². The van der Waals surface area contributed by atoms with Crippen LogP contribution in [0.4, 0.5) is 0 Å². The van der Waals surface area contributed by atoms with Gasteiger partial charge in [-0.25, -0.2) is 0 Å². The van der Waals surface area contributed by atoms with Crippen molar-refractivity contribution in [2.45, 2.75) is 40.2 Å². The van der Waals surface area contributed by atoms with E-state index in [1.165, 1.54) is 4.90 Å². The zero-order chi connectivity index (χ0) is 28.8. The predicted molar refractivity (Wildman–Crippen MR) is 152 cm³/mol. The largest absolute Gasteiger partial charge is 0.507 e. The predicted octanol–water partition coefficient (Wildman–Crippen LogP) is 4.65. The highest BCUT2D eigenvalue weighted by Crippen LogP contribution is 2.43. The van der Waals surface area contributed by atoms with E-state index in [0.29, 0.717) is 73.0 Å². The summed E-state index contributed by atoms with van der Waals surface area (Å²) in [5.41, 5.74) is 1.04. The van der Waals surface area contributed by atoms with Crippen LogP contribution in [-0.4, -0.2) is 79.7 Å². The number of methoxy groups -OCH3 is 1. The third-order valence-electron chi connectivity index (χ3n) is 7.36. The summed E-state index contributed by atoms with van der Waals surface area (Å²) in [7, 11) is 1.56. The quantitative estimate of drug-likeness (QED) is 0.231. The van der Waals surface area contributed by atoms with Gasteiger partial charge in [-0.05, 0) is 61.3 Å². The first-order valence-electron chi connectivity index (χ1n) is 14.0. The van der Waals surface area contributed by atoms with Crippen LogP contribution in [0.1, 0.15) is 51.3 Å². The third-order valence-corrected chi connectivity index (χ3v) is 7.36. The molecule has 1 saturated heterocycles. The van der Waals surface area contributed by atoms with Crippen molar-refractivity contribution < 1.29 is 33.6 Å². The van der Waals surface area contributed by atoms with Gasteiger partial charge in [-0.2, -0.15) is 0 Å². The Bertz CT molecular complexity index is 1250. The first kappa shape index (κ1) is 29.3. The number of likely N-dealkylation sites (tertiary alicyclic amines) is 1. The highest BCUT2D eigenvalue weighted by molar-refractivity contribution is 6.46. The molecule has 216 valence electrons. The van der Waals surface area contributed by atoms with Crippen LogP contribution in [0.15, 0.2) is 42.0 Å². The lowest BCUT2D eigenvalue weighted by Crippen LogP contribution is -2.38. The first-order valence-corrected chi connectivity index (χ1v) is 14.0. The van der Waals surface area contributed by atoms with Crippen LogP contribution in [0.25, 0.3) is 5.76 Å². The molecule has 40 heavy (non-hydrogen) atoms. The molecule has 1 amide bonds. The Kier molecular flexibility index (Phi) is 9.58. The van der Waals surface area contributed by atoms with Crippen LogP contribution in [0.2, 0.25) is 0 Å². The molecule has 0 saturated carbocycles. The fraction of sp³-hybridized carbons (Fsp3) is 0.484. The molecule has 4 rings (SSSR count). The fourth-order valence-corrected chi connectivity index (χ4v) is 4.97. The minimum atomic E-state index is -0.803. The molecular weight excluding hydrogens is 512 g/mol. The second-order valence-corrected chi connectivity index (χ2v) is 10.3. The Labute approximate surface area is 236 Å². The normalized spacial score (nSPS) is 18.1. The van der Waals surface area contributed by atoms with Gasteiger partial charge in [0, 0.05) is 18.7 Å². The number of amides is 1. The highest BCUT2D eigenvalue weighted by atomic mass is 16.6. The lowest BCUT2D eigenvalue weighted by molar-refractivity contribution is -0.140. The number of hydrogen-bond acceptors (Lipinski definition) is 8. The number of ketones is 1. The van der Waals surface area contributed by atoms with Gasteiger partial charge in [0.1, 0.15) is 19.0 Å². The summed E-state index contributed by atoms with van der Waals surface area (Å²) >= 11 is 0. The summed E-state index contributed by atoms with van der Waals surface area (Å²) in [5, 5.41) is 11.5. The molecule has 2 aromatic carbocycles. The van der Waals surface area contributed by atoms with Crippen molar-refractivity contribution in [1.82, 2.24) is 9.80 Å². The van der Waals surface area contributed by atoms with Crippen molar-refractivity contribution in [3.63, 3.8) is 0 Å². The maximum absolute atomic E-state index is 13.5. The summed E-state index contributed by atoms with van der Waals surface area (Å²) in [6.07, 6.45) is 0.895. The Morgan fingerprint density at radius 3 is 2.45 bits per heavy atom. The second kappa shape index (κ2) is 13.1. The number of aliphatic hydroxyl groups excluding tert-OH is 1. The topological polar surface area (TPSA) is 97.8 Å². The van der Waals surface area contributed by atoms with Gasteiger partial charge in [0.05, 0.1) is 25.3 Å². The van der Waals surface area contributed by atoms with E-state index in [1.807, 2.05) is 6.07 Å². The molecule has 0 radical (unpaired) electrons. The van der Waals surface area contributed by atoms with Gasteiger partial charge in [-0.1, -0.05) is 33.8 Å². The van der Waals surface area contributed by atoms with Gasteiger partial charge in [-0.15, -0.1) is 0 Å². The molecule has 2 aliphatic rings. The number of likely N-dealkylation sites (N-methyl/N-ethyl adjacent to an activating group) is 1. The molecular formula is C31H40N2O7. The molecule has 1 N–H and O–H groups in total. The first-order chi connectivity index (χ1) is 19.3. The van der Waals surface area contributed by atoms with Gasteiger partial charge in [-0.3, -0.25) is 9.59 Å². The molecule has 0 aromatic heterocycles. The number of fused-ring (bicyclic) bond motifs is 1. The zero-order valence-corrected chi connectivity index (χ0v) is 24.1. The summed E-state index contributed by atoms with van der Waals surface area (Å²) in [4.78, 5) is 30.6. The number of Topliss-reactive ketones (excluding diaryl/α,β-unsaturated/α-hetero) is 1. The van der Waals surface area contributed by atoms with Crippen molar-refractivity contribution in [3.05, 3.63) is 53.1 Å². The van der Waals surface area contributed by atoms with Crippen LogP contribution >= 0.6 is 0 Å². The van der Waals surface area contributed by atoms with E-state index >= 15 is 0 Å². The van der Waals surface area contributed by atoms with E-state index < -0.39 is 17.7 Å². The Morgan fingerprint density at radius 2 is 1.77 bits per heavy atom. The molecule has 1 unspecified atom stereocenters. The van der Waals surface area contributed by atoms with Crippen LogP contribution in [0, 0.1) is 5.92 Å². The highest BCUT2D eigenvalue weighted by Gasteiger charge is 2.46. The summed E-state index contributed by atoms with van der Waals surface area (Å²) in [5.74, 6) is 0.983. The minimum Gasteiger partial charge on any atom is -0.507 e. The average Bonchev–Trinajstić information content (AvgIpc) is 3.22. The van der Waals surface area contributed by atoms with E-state index in [4.69, 9.17) is 18.9 Å². The number of ether oxygens (including phenoxy) is 4. The van der Waals surface area contributed by atoms with Crippen molar-refractivity contribution in [1.29, 1.82) is 0 Å². The molecule has 1 fully saturated rings. The summed E-state index contributed by atoms with van der Waals surface area (Å²) in [6.45, 7) is 12.3. The monoisotopic (exact) mass is 552 g/mol. The van der Waals surface area contributed by atoms with Crippen LogP contribution in [-0.2, 0) is 9.59 Å². The van der Waals surface area contributed by atoms with E-state index in [0.717, 1.165) is 19.5 Å². The molecule has 9 nitrogen and oxygen atoms in total. The summed E-state index contributed by atoms with van der Waals surface area (Å²) < 4.78 is 22.9. The molecule has 0 spiro atoms. The van der Waals surface area contributed by atoms with Crippen LogP contribution < -0.4 is 18.9 Å². The maximum Gasteiger partial charge on any atom is 0.295 e. The lowest BCUT2D eigenvalue weighted by Gasteiger charge is -2.28. The fourth-order valence-electron chi connectivity index (χ4n) is 4.97. The van der Waals surface area contributed by atoms with Crippen LogP contribution in [0.3, 0.4) is 0 Å². The molecule has 2 aromatic rings. The van der Waals surface area contributed by atoms with Gasteiger partial charge in [0.15, 0.2) is 23.0 Å². The number of benzene rings is 2. The lowest BCUT2D eigenvalue weighted by atomic mass is 9.94. The standard InChI is InChI=1S/C31H40N2O7/c1-6-32(7-2)13-14-33-28(21-8-10-23(25(18-21)37-5)38-15-12-20(3)4)27(30(35)31(33)36)29(34)22-9-11-24-26(19-22)40-17-16-39-24/h8-11,18-20,28,34H,6-7,12-17H2,1-5H3/b29-27-. The Morgan fingerprint density at radius 1 is 1.05 bits per heavy atom. The number of carbonyl (C=O) groups excluding carboxylic acids is 2. The molecule has 2 heterocycles. The zero-order valence-electron chi connectivity index (χ0n) is 24.1. The SMILES string of the molecule is CCN(CC)CCN1C(=O)C(=O)/C(=C(\O)c2ccc3c(c2)OCCO3)C1c1ccc(OCCC(C)C)c(OC)c1. The van der Waals surface area contributed by atoms with Crippen molar-refractivity contribution in [3.8, 4) is 23.0 Å². The average molecular weight is 553 g/mol. The van der Waals surface area contributed by atoms with Crippen molar-refractivity contribution in [2.24, 2.45) is 5.92 Å². The van der Waals surface area contributed by atoms with Gasteiger partial charge in [0.2, 0.25) is 0 Å². The number of rotatable bonds is 12. The second-order valence-electron chi connectivity index (χ2n) is 10.3. The van der Waals surface area contributed by atoms with Gasteiger partial charge < -0.3 is 33.9 Å². The van der Waals surface area contributed by atoms with Crippen molar-refractivity contribution >= 4 is 17.4 Å². The van der Waals surface area contributed by atoms with E-state index in [9.17, 15) is 14.7 Å². The van der Waals surface area contributed by atoms with Gasteiger partial charge >= 0.3 is 0 Å². The number of hydrogen-bond donors (Lipinski definition) is 1. The Hall–Kier alpha value is -3.72. The van der Waals surface area contributed by atoms with Gasteiger partial charge in [0.25, 0.3) is 11.7 Å². The van der Waals surface area contributed by atoms with Crippen LogP contribution in [0.5, 0.6) is 23.0 Å². The molecule has 2 aliphatic heterocycles. The molecule has 9 heteroatoms. The number of aliphatic hydroxyl groups is 1. The molecule has 0 bridgehead atoms. The molecule has 1 atom stereocenters. The van der Waals surface area contributed by atoms with E-state index in [1.54, 1.807) is 37.4 Å². The minimum absolute atomic E-state index is 0.0248. The Balaban J connectivity index is 1.77. The number of carbonyl (C=O) groups is 2. The smallest absolute Gasteiger partial charge is 0.295 e. The third kappa shape index (κ3) is 6.20. The summed E-state index contributed by atoms with van der Waals surface area (Å²) in [6, 6.07) is 9.59. The van der Waals surface area contributed by atoms with E-state index in [-0.39, 0.29) is 11.3 Å². The maximum atomic E-state index is 13.5. The number of nitrogens with zero attached hydrogens (tertiary/aromatic N) is 2.